The van der Waals surface area contributed by atoms with Gasteiger partial charge in [0.05, 0.1) is 13.2 Å². The number of nitrogens with two attached hydrogens (primary N) is 1. The molecule has 0 radical (unpaired) electrons. The van der Waals surface area contributed by atoms with Crippen LogP contribution >= 0.6 is 38.5 Å². The monoisotopic (exact) mass is 446 g/mol. The fourth-order valence-corrected chi connectivity index (χ4v) is 3.21. The predicted molar refractivity (Wildman–Crippen MR) is 93.8 cm³/mol. The van der Waals surface area contributed by atoms with Crippen molar-refractivity contribution in [1.82, 2.24) is 5.43 Å². The average Bonchev–Trinajstić information content (AvgIpc) is 2.44. The smallest absolute Gasteiger partial charge is 0.119 e. The lowest BCUT2D eigenvalue weighted by Gasteiger charge is -2.21. The van der Waals surface area contributed by atoms with Crippen LogP contribution in [0.5, 0.6) is 5.75 Å². The minimum atomic E-state index is -0.0506. The molecule has 0 spiro atoms. The lowest BCUT2D eigenvalue weighted by Crippen LogP contribution is -2.30. The van der Waals surface area contributed by atoms with Crippen LogP contribution < -0.4 is 16.0 Å². The molecular formula is C15H16BrIN2O. The predicted octanol–water partition coefficient (Wildman–Crippen LogP) is 3.92. The first-order valence-corrected chi connectivity index (χ1v) is 7.99. The van der Waals surface area contributed by atoms with Gasteiger partial charge in [-0.25, -0.2) is 5.43 Å². The molecule has 106 valence electrons. The number of benzene rings is 2. The molecule has 5 heteroatoms. The van der Waals surface area contributed by atoms with Gasteiger partial charge in [-0.1, -0.05) is 22.0 Å². The Kier molecular flexibility index (Phi) is 5.42. The zero-order chi connectivity index (χ0) is 14.7. The van der Waals surface area contributed by atoms with Gasteiger partial charge in [-0.05, 0) is 76.5 Å². The Morgan fingerprint density at radius 1 is 1.20 bits per heavy atom. The number of ether oxygens (including phenoxy) is 1. The maximum absolute atomic E-state index is 5.80. The Hall–Kier alpha value is -0.630. The molecule has 1 atom stereocenters. The molecule has 20 heavy (non-hydrogen) atoms. The van der Waals surface area contributed by atoms with Crippen LogP contribution in [0, 0.1) is 10.5 Å². The van der Waals surface area contributed by atoms with Gasteiger partial charge in [0.15, 0.2) is 0 Å². The van der Waals surface area contributed by atoms with Crippen molar-refractivity contribution in [2.45, 2.75) is 13.0 Å². The Labute approximate surface area is 141 Å². The second-order valence-electron chi connectivity index (χ2n) is 4.49. The standard InChI is InChI=1S/C15H16BrIN2O/c1-9-7-11(20-2)4-5-12(9)15(19-18)13-8-10(16)3-6-14(13)17/h3-8,15,19H,18H2,1-2H3. The van der Waals surface area contributed by atoms with Crippen molar-refractivity contribution in [2.24, 2.45) is 5.84 Å². The third-order valence-electron chi connectivity index (χ3n) is 3.22. The Morgan fingerprint density at radius 3 is 2.55 bits per heavy atom. The zero-order valence-corrected chi connectivity index (χ0v) is 15.0. The van der Waals surface area contributed by atoms with Gasteiger partial charge in [0.2, 0.25) is 0 Å². The number of nitrogens with one attached hydrogen (secondary N) is 1. The lowest BCUT2D eigenvalue weighted by atomic mass is 9.95. The lowest BCUT2D eigenvalue weighted by molar-refractivity contribution is 0.414. The van der Waals surface area contributed by atoms with E-state index in [-0.39, 0.29) is 6.04 Å². The van der Waals surface area contributed by atoms with E-state index in [1.54, 1.807) is 7.11 Å². The topological polar surface area (TPSA) is 47.3 Å². The van der Waals surface area contributed by atoms with E-state index in [2.05, 4.69) is 69.1 Å². The normalized spacial score (nSPS) is 12.2. The molecule has 3 N–H and O–H groups in total. The van der Waals surface area contributed by atoms with E-state index in [1.165, 1.54) is 3.57 Å². The molecular weight excluding hydrogens is 431 g/mol. The summed E-state index contributed by atoms with van der Waals surface area (Å²) in [5.41, 5.74) is 6.35. The highest BCUT2D eigenvalue weighted by molar-refractivity contribution is 14.1. The van der Waals surface area contributed by atoms with Crippen LogP contribution in [-0.4, -0.2) is 7.11 Å². The number of halogens is 2. The molecule has 0 aliphatic heterocycles. The number of methoxy groups -OCH3 is 1. The van der Waals surface area contributed by atoms with E-state index in [4.69, 9.17) is 10.6 Å². The van der Waals surface area contributed by atoms with Crippen molar-refractivity contribution >= 4 is 38.5 Å². The maximum Gasteiger partial charge on any atom is 0.119 e. The van der Waals surface area contributed by atoms with Crippen LogP contribution in [0.1, 0.15) is 22.7 Å². The Balaban J connectivity index is 2.49. The van der Waals surface area contributed by atoms with E-state index < -0.39 is 0 Å². The van der Waals surface area contributed by atoms with Gasteiger partial charge in [0, 0.05) is 8.04 Å². The third kappa shape index (κ3) is 3.33. The summed E-state index contributed by atoms with van der Waals surface area (Å²) in [7, 11) is 1.67. The van der Waals surface area contributed by atoms with Gasteiger partial charge in [-0.3, -0.25) is 5.84 Å². The van der Waals surface area contributed by atoms with E-state index in [0.29, 0.717) is 0 Å². The van der Waals surface area contributed by atoms with Gasteiger partial charge in [0.25, 0.3) is 0 Å². The van der Waals surface area contributed by atoms with Gasteiger partial charge in [0.1, 0.15) is 5.75 Å². The van der Waals surface area contributed by atoms with Crippen LogP contribution in [0.25, 0.3) is 0 Å². The fraction of sp³-hybridized carbons (Fsp3) is 0.200. The number of hydrazine groups is 1. The second-order valence-corrected chi connectivity index (χ2v) is 6.57. The molecule has 0 aliphatic rings. The van der Waals surface area contributed by atoms with Crippen molar-refractivity contribution in [2.75, 3.05) is 7.11 Å². The SMILES string of the molecule is COc1ccc(C(NN)c2cc(Br)ccc2I)c(C)c1. The Morgan fingerprint density at radius 2 is 1.95 bits per heavy atom. The number of hydrogen-bond donors (Lipinski definition) is 2. The van der Waals surface area contributed by atoms with Gasteiger partial charge >= 0.3 is 0 Å². The van der Waals surface area contributed by atoms with Crippen molar-refractivity contribution in [3.05, 3.63) is 61.1 Å². The van der Waals surface area contributed by atoms with Crippen molar-refractivity contribution < 1.29 is 4.74 Å². The zero-order valence-electron chi connectivity index (χ0n) is 11.3. The first kappa shape index (κ1) is 15.8. The largest absolute Gasteiger partial charge is 0.497 e. The summed E-state index contributed by atoms with van der Waals surface area (Å²) in [5, 5.41) is 0. The van der Waals surface area contributed by atoms with Crippen LogP contribution in [-0.2, 0) is 0 Å². The molecule has 2 aromatic rings. The molecule has 0 heterocycles. The molecule has 2 rings (SSSR count). The molecule has 3 nitrogen and oxygen atoms in total. The highest BCUT2D eigenvalue weighted by atomic mass is 127. The molecule has 1 unspecified atom stereocenters. The summed E-state index contributed by atoms with van der Waals surface area (Å²) >= 11 is 5.84. The number of aryl methyl sites for hydroxylation is 1. The molecule has 0 fully saturated rings. The summed E-state index contributed by atoms with van der Waals surface area (Å²) in [6.45, 7) is 2.06. The van der Waals surface area contributed by atoms with E-state index in [0.717, 1.165) is 26.9 Å². The minimum absolute atomic E-state index is 0.0506. The first-order valence-electron chi connectivity index (χ1n) is 6.12. The highest BCUT2D eigenvalue weighted by Gasteiger charge is 2.18. The van der Waals surface area contributed by atoms with E-state index in [1.807, 2.05) is 18.2 Å². The minimum Gasteiger partial charge on any atom is -0.497 e. The molecule has 0 aromatic heterocycles. The molecule has 0 saturated carbocycles. The summed E-state index contributed by atoms with van der Waals surface area (Å²) in [5.74, 6) is 6.65. The molecule has 0 saturated heterocycles. The van der Waals surface area contributed by atoms with Gasteiger partial charge in [-0.2, -0.15) is 0 Å². The highest BCUT2D eigenvalue weighted by Crippen LogP contribution is 2.31. The number of hydrogen-bond acceptors (Lipinski definition) is 3. The van der Waals surface area contributed by atoms with Crippen LogP contribution in [0.2, 0.25) is 0 Å². The van der Waals surface area contributed by atoms with Crippen molar-refractivity contribution in [1.29, 1.82) is 0 Å². The molecule has 0 amide bonds. The fourth-order valence-electron chi connectivity index (χ4n) is 2.18. The van der Waals surface area contributed by atoms with Crippen molar-refractivity contribution in [3.8, 4) is 5.75 Å². The molecule has 0 bridgehead atoms. The Bertz CT molecular complexity index is 619. The number of rotatable bonds is 4. The van der Waals surface area contributed by atoms with Crippen LogP contribution in [0.3, 0.4) is 0 Å². The quantitative estimate of drug-likeness (QED) is 0.425. The third-order valence-corrected chi connectivity index (χ3v) is 4.70. The molecule has 0 aliphatic carbocycles. The second kappa shape index (κ2) is 6.89. The summed E-state index contributed by atoms with van der Waals surface area (Å²) in [6, 6.07) is 12.2. The van der Waals surface area contributed by atoms with E-state index in [9.17, 15) is 0 Å². The van der Waals surface area contributed by atoms with Crippen LogP contribution in [0.4, 0.5) is 0 Å². The van der Waals surface area contributed by atoms with Gasteiger partial charge in [-0.15, -0.1) is 0 Å². The summed E-state index contributed by atoms with van der Waals surface area (Å²) in [6.07, 6.45) is 0. The van der Waals surface area contributed by atoms with E-state index >= 15 is 0 Å². The molecule has 2 aromatic carbocycles. The summed E-state index contributed by atoms with van der Waals surface area (Å²) < 4.78 is 7.46. The van der Waals surface area contributed by atoms with Crippen molar-refractivity contribution in [3.63, 3.8) is 0 Å². The summed E-state index contributed by atoms with van der Waals surface area (Å²) in [4.78, 5) is 0. The van der Waals surface area contributed by atoms with Gasteiger partial charge < -0.3 is 4.74 Å². The maximum atomic E-state index is 5.80. The average molecular weight is 447 g/mol. The first-order chi connectivity index (χ1) is 9.56. The van der Waals surface area contributed by atoms with Crippen LogP contribution in [0.15, 0.2) is 40.9 Å².